The van der Waals surface area contributed by atoms with Crippen molar-refractivity contribution in [1.82, 2.24) is 0 Å². The van der Waals surface area contributed by atoms with Crippen molar-refractivity contribution in [2.75, 3.05) is 0 Å². The fourth-order valence-corrected chi connectivity index (χ4v) is 1.11. The number of hydrogen-bond donors (Lipinski definition) is 1. The van der Waals surface area contributed by atoms with E-state index in [2.05, 4.69) is 4.74 Å². The number of carbonyl (C=O) groups is 1. The van der Waals surface area contributed by atoms with E-state index in [1.54, 1.807) is 6.92 Å². The van der Waals surface area contributed by atoms with Gasteiger partial charge in [0.25, 0.3) is 0 Å². The van der Waals surface area contributed by atoms with Crippen LogP contribution in [-0.2, 0) is 19.6 Å². The van der Waals surface area contributed by atoms with E-state index in [9.17, 15) is 13.2 Å². The zero-order chi connectivity index (χ0) is 9.78. The average Bonchev–Trinajstić information content (AvgIpc) is 1.83. The molecule has 0 aromatic carbocycles. The maximum Gasteiger partial charge on any atom is 0.328 e. The number of ether oxygens (including phenoxy) is 1. The lowest BCUT2D eigenvalue weighted by molar-refractivity contribution is -0.136. The molecule has 6 heteroatoms. The molecule has 0 atom stereocenters. The maximum atomic E-state index is 10.5. The van der Waals surface area contributed by atoms with Crippen LogP contribution in [0, 0.1) is 0 Å². The average molecular weight is 194 g/mol. The number of hydrogen-bond acceptors (Lipinski definition) is 4. The smallest absolute Gasteiger partial charge is 0.328 e. The highest BCUT2D eigenvalue weighted by Gasteiger charge is 2.16. The van der Waals surface area contributed by atoms with Gasteiger partial charge in [0.05, 0.1) is 0 Å². The summed E-state index contributed by atoms with van der Waals surface area (Å²) < 4.78 is 33.7. The van der Waals surface area contributed by atoms with E-state index < -0.39 is 21.2 Å². The van der Waals surface area contributed by atoms with Gasteiger partial charge < -0.3 is 4.74 Å². The largest absolute Gasteiger partial charge is 0.412 e. The highest BCUT2D eigenvalue weighted by atomic mass is 32.2. The number of rotatable bonds is 3. The minimum atomic E-state index is -4.40. The lowest BCUT2D eigenvalue weighted by atomic mass is 10.5. The third kappa shape index (κ3) is 4.09. The number of esters is 1. The first-order valence-corrected chi connectivity index (χ1v) is 4.68. The Morgan fingerprint density at radius 2 is 2.08 bits per heavy atom. The molecule has 0 radical (unpaired) electrons. The molecule has 0 aromatic heterocycles. The lowest BCUT2D eigenvalue weighted by Gasteiger charge is -2.01. The van der Waals surface area contributed by atoms with E-state index >= 15 is 0 Å². The van der Waals surface area contributed by atoms with E-state index in [-0.39, 0.29) is 0 Å². The normalized spacial score (nSPS) is 12.8. The first-order valence-electron chi connectivity index (χ1n) is 3.24. The summed E-state index contributed by atoms with van der Waals surface area (Å²) >= 11 is 0. The fourth-order valence-electron chi connectivity index (χ4n) is 0.508. The van der Waals surface area contributed by atoms with Crippen molar-refractivity contribution in [3.63, 3.8) is 0 Å². The van der Waals surface area contributed by atoms with Crippen molar-refractivity contribution in [2.45, 2.75) is 20.3 Å². The number of allylic oxidation sites excluding steroid dienone is 1. The molecule has 0 rings (SSSR count). The van der Waals surface area contributed by atoms with Crippen molar-refractivity contribution in [2.24, 2.45) is 0 Å². The van der Waals surface area contributed by atoms with Crippen molar-refractivity contribution < 1.29 is 22.5 Å². The Labute approximate surface area is 70.8 Å². The minimum Gasteiger partial charge on any atom is -0.412 e. The van der Waals surface area contributed by atoms with Crippen molar-refractivity contribution in [3.05, 3.63) is 11.2 Å². The molecule has 0 fully saturated rings. The van der Waals surface area contributed by atoms with Crippen LogP contribution >= 0.6 is 0 Å². The molecule has 0 aliphatic carbocycles. The van der Waals surface area contributed by atoms with Crippen molar-refractivity contribution >= 4 is 16.1 Å². The monoisotopic (exact) mass is 194 g/mol. The standard InChI is InChI=1S/C6H10O5S/c1-3-4-6(11-5(2)7)12(8,9)10/h4H,3H2,1-2H3,(H,8,9,10)/b6-4+. The molecule has 1 N–H and O–H groups in total. The predicted molar refractivity (Wildman–Crippen MR) is 41.7 cm³/mol. The third-order valence-electron chi connectivity index (χ3n) is 0.869. The Hall–Kier alpha value is -0.880. The quantitative estimate of drug-likeness (QED) is 0.406. The van der Waals surface area contributed by atoms with Crippen LogP contribution in [0.4, 0.5) is 0 Å². The van der Waals surface area contributed by atoms with E-state index in [1.807, 2.05) is 0 Å². The Kier molecular flexibility index (Phi) is 3.91. The summed E-state index contributed by atoms with van der Waals surface area (Å²) in [5, 5.41) is -0.711. The maximum absolute atomic E-state index is 10.5. The molecule has 0 spiro atoms. The zero-order valence-corrected chi connectivity index (χ0v) is 7.59. The molecule has 70 valence electrons. The molecule has 0 saturated carbocycles. The second-order valence-electron chi connectivity index (χ2n) is 2.00. The molecule has 0 aliphatic rings. The van der Waals surface area contributed by atoms with Gasteiger partial charge in [-0.25, -0.2) is 0 Å². The summed E-state index contributed by atoms with van der Waals surface area (Å²) in [6.45, 7) is 2.70. The summed E-state index contributed by atoms with van der Waals surface area (Å²) in [6.07, 6.45) is 1.46. The summed E-state index contributed by atoms with van der Waals surface area (Å²) in [7, 11) is -4.40. The summed E-state index contributed by atoms with van der Waals surface area (Å²) in [5.74, 6) is -0.785. The molecule has 0 aliphatic heterocycles. The molecule has 0 heterocycles. The van der Waals surface area contributed by atoms with E-state index in [0.717, 1.165) is 13.0 Å². The number of carbonyl (C=O) groups excluding carboxylic acids is 1. The molecule has 0 bridgehead atoms. The van der Waals surface area contributed by atoms with Gasteiger partial charge in [-0.2, -0.15) is 8.42 Å². The van der Waals surface area contributed by atoms with Crippen LogP contribution in [0.25, 0.3) is 0 Å². The van der Waals surface area contributed by atoms with Gasteiger partial charge in [-0.3, -0.25) is 9.35 Å². The van der Waals surface area contributed by atoms with Gasteiger partial charge in [0.2, 0.25) is 5.09 Å². The van der Waals surface area contributed by atoms with Gasteiger partial charge in [-0.1, -0.05) is 6.92 Å². The fraction of sp³-hybridized carbons (Fsp3) is 0.500. The highest BCUT2D eigenvalue weighted by molar-refractivity contribution is 7.89. The molecular formula is C6H10O5S. The third-order valence-corrected chi connectivity index (χ3v) is 1.63. The van der Waals surface area contributed by atoms with Gasteiger partial charge in [0.1, 0.15) is 0 Å². The van der Waals surface area contributed by atoms with Crippen molar-refractivity contribution in [1.29, 1.82) is 0 Å². The first-order chi connectivity index (χ1) is 5.38. The Balaban J connectivity index is 4.71. The second kappa shape index (κ2) is 4.22. The van der Waals surface area contributed by atoms with Crippen LogP contribution in [0.3, 0.4) is 0 Å². The lowest BCUT2D eigenvalue weighted by Crippen LogP contribution is -2.09. The topological polar surface area (TPSA) is 80.7 Å². The second-order valence-corrected chi connectivity index (χ2v) is 3.35. The summed E-state index contributed by atoms with van der Waals surface area (Å²) in [5.41, 5.74) is 0. The van der Waals surface area contributed by atoms with Crippen LogP contribution in [0.1, 0.15) is 20.3 Å². The van der Waals surface area contributed by atoms with Crippen LogP contribution in [-0.4, -0.2) is 18.9 Å². The Morgan fingerprint density at radius 3 is 2.33 bits per heavy atom. The van der Waals surface area contributed by atoms with Gasteiger partial charge in [-0.15, -0.1) is 0 Å². The molecule has 0 amide bonds. The molecule has 12 heavy (non-hydrogen) atoms. The van der Waals surface area contributed by atoms with Crippen LogP contribution in [0.2, 0.25) is 0 Å². The van der Waals surface area contributed by atoms with Gasteiger partial charge in [-0.05, 0) is 12.5 Å². The first kappa shape index (κ1) is 11.1. The van der Waals surface area contributed by atoms with Gasteiger partial charge >= 0.3 is 16.1 Å². The van der Waals surface area contributed by atoms with E-state index in [4.69, 9.17) is 4.55 Å². The van der Waals surface area contributed by atoms with E-state index in [1.165, 1.54) is 0 Å². The Bertz CT molecular complexity index is 287. The highest BCUT2D eigenvalue weighted by Crippen LogP contribution is 2.07. The SMILES string of the molecule is CC/C=C(\OC(C)=O)S(=O)(=O)O. The van der Waals surface area contributed by atoms with E-state index in [0.29, 0.717) is 6.42 Å². The molecule has 0 saturated heterocycles. The van der Waals surface area contributed by atoms with Crippen LogP contribution in [0.15, 0.2) is 11.2 Å². The van der Waals surface area contributed by atoms with Crippen molar-refractivity contribution in [3.8, 4) is 0 Å². The summed E-state index contributed by atoms with van der Waals surface area (Å²) in [4.78, 5) is 10.3. The Morgan fingerprint density at radius 1 is 1.58 bits per heavy atom. The molecule has 0 aromatic rings. The van der Waals surface area contributed by atoms with Crippen LogP contribution in [0.5, 0.6) is 0 Å². The zero-order valence-electron chi connectivity index (χ0n) is 6.77. The molecule has 0 unspecified atom stereocenters. The summed E-state index contributed by atoms with van der Waals surface area (Å²) in [6, 6.07) is 0. The minimum absolute atomic E-state index is 0.350. The van der Waals surface area contributed by atoms with Gasteiger partial charge in [0.15, 0.2) is 0 Å². The van der Waals surface area contributed by atoms with Crippen LogP contribution < -0.4 is 0 Å². The van der Waals surface area contributed by atoms with Gasteiger partial charge in [0, 0.05) is 6.92 Å². The predicted octanol–water partition coefficient (Wildman–Crippen LogP) is 0.689. The molecular weight excluding hydrogens is 184 g/mol. The molecule has 5 nitrogen and oxygen atoms in total.